The lowest BCUT2D eigenvalue weighted by Crippen LogP contribution is -1.94. The Labute approximate surface area is 68.2 Å². The molecule has 64 valence electrons. The lowest BCUT2D eigenvalue weighted by molar-refractivity contribution is 0.585. The molecule has 4 heteroatoms. The number of hydrogen-bond acceptors (Lipinski definition) is 2. The molecule has 0 radical (unpaired) electrons. The second kappa shape index (κ2) is 3.90. The monoisotopic (exact) mass is 171 g/mol. The molecule has 0 saturated heterocycles. The topological polar surface area (TPSA) is 29.4 Å². The van der Waals surface area contributed by atoms with E-state index in [4.69, 9.17) is 0 Å². The van der Waals surface area contributed by atoms with Crippen LogP contribution in [0.4, 0.5) is 8.78 Å². The van der Waals surface area contributed by atoms with Crippen LogP contribution in [0, 0.1) is 16.5 Å². The van der Waals surface area contributed by atoms with E-state index in [1.54, 1.807) is 0 Å². The van der Waals surface area contributed by atoms with Crippen molar-refractivity contribution in [1.82, 2.24) is 0 Å². The molecule has 0 amide bonds. The summed E-state index contributed by atoms with van der Waals surface area (Å²) in [6, 6.07) is 3.14. The Balaban J connectivity index is 2.82. The highest BCUT2D eigenvalue weighted by Crippen LogP contribution is 2.09. The zero-order valence-electron chi connectivity index (χ0n) is 6.26. The minimum absolute atomic E-state index is 0.0274. The maximum Gasteiger partial charge on any atom is 0.126 e. The van der Waals surface area contributed by atoms with Crippen LogP contribution in [0.15, 0.2) is 23.4 Å². The van der Waals surface area contributed by atoms with Gasteiger partial charge in [-0.15, -0.1) is 0 Å². The molecule has 0 atom stereocenters. The van der Waals surface area contributed by atoms with Crippen LogP contribution in [0.5, 0.6) is 0 Å². The van der Waals surface area contributed by atoms with Crippen LogP contribution in [-0.2, 0) is 6.42 Å². The fraction of sp³-hybridized carbons (Fsp3) is 0.250. The van der Waals surface area contributed by atoms with Gasteiger partial charge in [0.15, 0.2) is 0 Å². The van der Waals surface area contributed by atoms with E-state index < -0.39 is 11.6 Å². The van der Waals surface area contributed by atoms with E-state index in [1.165, 1.54) is 0 Å². The SMILES string of the molecule is O=NCCc1cc(F)ccc1F. The molecule has 0 fully saturated rings. The van der Waals surface area contributed by atoms with Crippen molar-refractivity contribution in [1.29, 1.82) is 0 Å². The average Bonchev–Trinajstić information content (AvgIpc) is 2.07. The third-order valence-electron chi connectivity index (χ3n) is 1.48. The van der Waals surface area contributed by atoms with Gasteiger partial charge < -0.3 is 0 Å². The van der Waals surface area contributed by atoms with E-state index in [9.17, 15) is 13.7 Å². The Morgan fingerprint density at radius 1 is 1.33 bits per heavy atom. The van der Waals surface area contributed by atoms with Crippen molar-refractivity contribution in [3.63, 3.8) is 0 Å². The number of halogens is 2. The Morgan fingerprint density at radius 2 is 2.08 bits per heavy atom. The van der Waals surface area contributed by atoms with Crippen molar-refractivity contribution in [2.24, 2.45) is 5.18 Å². The average molecular weight is 171 g/mol. The fourth-order valence-electron chi connectivity index (χ4n) is 0.901. The van der Waals surface area contributed by atoms with Gasteiger partial charge in [-0.1, -0.05) is 5.18 Å². The first-order chi connectivity index (χ1) is 5.74. The van der Waals surface area contributed by atoms with Gasteiger partial charge in [0.05, 0.1) is 6.54 Å². The summed E-state index contributed by atoms with van der Waals surface area (Å²) in [7, 11) is 0. The predicted octanol–water partition coefficient (Wildman–Crippen LogP) is 2.27. The third kappa shape index (κ3) is 2.08. The molecule has 2 nitrogen and oxygen atoms in total. The Hall–Kier alpha value is -1.32. The first kappa shape index (κ1) is 8.77. The van der Waals surface area contributed by atoms with Crippen LogP contribution in [-0.4, -0.2) is 6.54 Å². The van der Waals surface area contributed by atoms with Gasteiger partial charge in [-0.3, -0.25) is 0 Å². The molecule has 1 aromatic rings. The van der Waals surface area contributed by atoms with Crippen molar-refractivity contribution in [2.45, 2.75) is 6.42 Å². The van der Waals surface area contributed by atoms with Crippen molar-refractivity contribution >= 4 is 0 Å². The molecule has 0 aliphatic carbocycles. The summed E-state index contributed by atoms with van der Waals surface area (Å²) in [4.78, 5) is 9.71. The lowest BCUT2D eigenvalue weighted by Gasteiger charge is -1.98. The van der Waals surface area contributed by atoms with Crippen molar-refractivity contribution in [2.75, 3.05) is 6.54 Å². The van der Waals surface area contributed by atoms with E-state index >= 15 is 0 Å². The minimum Gasteiger partial charge on any atom is -0.207 e. The molecule has 0 unspecified atom stereocenters. The molecular formula is C8H7F2NO. The number of nitroso groups, excluding NO2 is 1. The van der Waals surface area contributed by atoms with Crippen molar-refractivity contribution in [3.8, 4) is 0 Å². The minimum atomic E-state index is -0.503. The molecule has 0 aliphatic rings. The van der Waals surface area contributed by atoms with Crippen LogP contribution in [0.3, 0.4) is 0 Å². The number of benzene rings is 1. The lowest BCUT2D eigenvalue weighted by atomic mass is 10.1. The molecule has 1 aromatic carbocycles. The molecular weight excluding hydrogens is 164 g/mol. The zero-order valence-corrected chi connectivity index (χ0v) is 6.26. The molecule has 0 spiro atoms. The second-order valence-electron chi connectivity index (χ2n) is 2.34. The van der Waals surface area contributed by atoms with Gasteiger partial charge in [0.1, 0.15) is 11.6 Å². The Kier molecular flexibility index (Phi) is 2.85. The third-order valence-corrected chi connectivity index (χ3v) is 1.48. The van der Waals surface area contributed by atoms with E-state index in [-0.39, 0.29) is 18.5 Å². The largest absolute Gasteiger partial charge is 0.207 e. The summed E-state index contributed by atoms with van der Waals surface area (Å²) < 4.78 is 25.3. The summed E-state index contributed by atoms with van der Waals surface area (Å²) >= 11 is 0. The van der Waals surface area contributed by atoms with Gasteiger partial charge >= 0.3 is 0 Å². The number of nitrogens with zero attached hydrogens (tertiary/aromatic N) is 1. The van der Waals surface area contributed by atoms with E-state index in [0.717, 1.165) is 18.2 Å². The summed E-state index contributed by atoms with van der Waals surface area (Å²) in [6.07, 6.45) is 0.146. The van der Waals surface area contributed by atoms with Crippen LogP contribution in [0.2, 0.25) is 0 Å². The van der Waals surface area contributed by atoms with Crippen LogP contribution >= 0.6 is 0 Å². The Bertz CT molecular complexity index is 288. The van der Waals surface area contributed by atoms with Crippen LogP contribution in [0.1, 0.15) is 5.56 Å². The number of hydrogen-bond donors (Lipinski definition) is 0. The maximum atomic E-state index is 12.8. The summed E-state index contributed by atoms with van der Waals surface area (Å²) in [5.41, 5.74) is 0.189. The van der Waals surface area contributed by atoms with E-state index in [2.05, 4.69) is 5.18 Å². The van der Waals surface area contributed by atoms with Gasteiger partial charge in [-0.05, 0) is 30.2 Å². The molecule has 0 saturated carbocycles. The highest BCUT2D eigenvalue weighted by atomic mass is 19.1. The van der Waals surface area contributed by atoms with E-state index in [0.29, 0.717) is 0 Å². The first-order valence-electron chi connectivity index (χ1n) is 3.47. The van der Waals surface area contributed by atoms with E-state index in [1.807, 2.05) is 0 Å². The zero-order chi connectivity index (χ0) is 8.97. The smallest absolute Gasteiger partial charge is 0.126 e. The number of rotatable bonds is 3. The summed E-state index contributed by atoms with van der Waals surface area (Å²) in [6.45, 7) is -0.0274. The van der Waals surface area contributed by atoms with Gasteiger partial charge in [-0.25, -0.2) is 8.78 Å². The molecule has 1 rings (SSSR count). The highest BCUT2D eigenvalue weighted by Gasteiger charge is 2.02. The first-order valence-corrected chi connectivity index (χ1v) is 3.47. The molecule has 0 aromatic heterocycles. The highest BCUT2D eigenvalue weighted by molar-refractivity contribution is 5.18. The standard InChI is InChI=1S/C8H7F2NO/c9-7-1-2-8(10)6(5-7)3-4-11-12/h1-2,5H,3-4H2. The van der Waals surface area contributed by atoms with Crippen molar-refractivity contribution in [3.05, 3.63) is 40.3 Å². The predicted molar refractivity (Wildman–Crippen MR) is 40.7 cm³/mol. The van der Waals surface area contributed by atoms with Gasteiger partial charge in [0.25, 0.3) is 0 Å². The van der Waals surface area contributed by atoms with Crippen molar-refractivity contribution < 1.29 is 8.78 Å². The van der Waals surface area contributed by atoms with Gasteiger partial charge in [0, 0.05) is 0 Å². The molecule has 0 N–H and O–H groups in total. The molecule has 0 aliphatic heterocycles. The van der Waals surface area contributed by atoms with Gasteiger partial charge in [-0.2, -0.15) is 4.91 Å². The molecule has 0 heterocycles. The Morgan fingerprint density at radius 3 is 2.75 bits per heavy atom. The maximum absolute atomic E-state index is 12.8. The van der Waals surface area contributed by atoms with Gasteiger partial charge in [0.2, 0.25) is 0 Å². The van der Waals surface area contributed by atoms with Crippen LogP contribution in [0.25, 0.3) is 0 Å². The summed E-state index contributed by atoms with van der Waals surface area (Å²) in [5, 5.41) is 2.56. The second-order valence-corrected chi connectivity index (χ2v) is 2.34. The van der Waals surface area contributed by atoms with Crippen LogP contribution < -0.4 is 0 Å². The normalized spacial score (nSPS) is 9.83. The molecule has 0 bridgehead atoms. The molecule has 12 heavy (non-hydrogen) atoms. The summed E-state index contributed by atoms with van der Waals surface area (Å²) in [5.74, 6) is -1.00. The quantitative estimate of drug-likeness (QED) is 0.641. The fourth-order valence-corrected chi connectivity index (χ4v) is 0.901.